The van der Waals surface area contributed by atoms with E-state index in [-0.39, 0.29) is 10.8 Å². The molecule has 0 bridgehead atoms. The Morgan fingerprint density at radius 3 is 2.50 bits per heavy atom. The Kier molecular flexibility index (Phi) is 5.88. The summed E-state index contributed by atoms with van der Waals surface area (Å²) in [4.78, 5) is 11.1. The largest absolute Gasteiger partial charge is 0.480 e. The second kappa shape index (κ2) is 6.99. The van der Waals surface area contributed by atoms with Crippen molar-refractivity contribution in [2.24, 2.45) is 0 Å². The maximum atomic E-state index is 12.5. The van der Waals surface area contributed by atoms with E-state index in [1.807, 2.05) is 0 Å². The molecule has 0 aliphatic heterocycles. The van der Waals surface area contributed by atoms with E-state index in [4.69, 9.17) is 27.9 Å². The Bertz CT molecular complexity index is 483. The topological polar surface area (TPSA) is 35.5 Å². The summed E-state index contributed by atoms with van der Waals surface area (Å²) < 4.78 is 57.4. The van der Waals surface area contributed by atoms with Crippen molar-refractivity contribution in [2.75, 3.05) is 13.2 Å². The van der Waals surface area contributed by atoms with Crippen molar-refractivity contribution < 1.29 is 31.8 Å². The molecule has 3 nitrogen and oxygen atoms in total. The molecule has 1 aromatic rings. The van der Waals surface area contributed by atoms with Crippen molar-refractivity contribution in [3.63, 3.8) is 0 Å². The van der Waals surface area contributed by atoms with E-state index in [2.05, 4.69) is 4.74 Å². The standard InChI is InChI=1S/C11H8Cl2F4O3/c12-6-1-2-8(7(13)3-6)19-4-9(18)20-5-11(16,17)10(14)15/h1-3,10H,4-5H2. The van der Waals surface area contributed by atoms with Crippen LogP contribution in [0.4, 0.5) is 17.6 Å². The molecular weight excluding hydrogens is 327 g/mol. The number of halogens is 6. The lowest BCUT2D eigenvalue weighted by molar-refractivity contribution is -0.180. The molecule has 0 aliphatic rings. The summed E-state index contributed by atoms with van der Waals surface area (Å²) >= 11 is 11.3. The summed E-state index contributed by atoms with van der Waals surface area (Å²) in [6.07, 6.45) is -3.91. The van der Waals surface area contributed by atoms with Crippen molar-refractivity contribution in [3.8, 4) is 5.75 Å². The Hall–Kier alpha value is -1.21. The molecule has 0 saturated carbocycles. The number of alkyl halides is 4. The molecule has 0 heterocycles. The Labute approximate surface area is 121 Å². The van der Waals surface area contributed by atoms with E-state index < -0.39 is 31.5 Å². The molecule has 0 radical (unpaired) electrons. The highest BCUT2D eigenvalue weighted by Crippen LogP contribution is 2.27. The highest BCUT2D eigenvalue weighted by atomic mass is 35.5. The zero-order valence-electron chi connectivity index (χ0n) is 9.72. The van der Waals surface area contributed by atoms with Gasteiger partial charge in [-0.3, -0.25) is 0 Å². The Morgan fingerprint density at radius 2 is 1.95 bits per heavy atom. The van der Waals surface area contributed by atoms with Crippen LogP contribution in [0.15, 0.2) is 18.2 Å². The summed E-state index contributed by atoms with van der Waals surface area (Å²) in [5, 5.41) is 0.435. The smallest absolute Gasteiger partial charge is 0.344 e. The number of esters is 1. The van der Waals surface area contributed by atoms with Crippen LogP contribution in [-0.4, -0.2) is 31.5 Å². The van der Waals surface area contributed by atoms with E-state index >= 15 is 0 Å². The second-order valence-electron chi connectivity index (χ2n) is 3.59. The number of hydrogen-bond acceptors (Lipinski definition) is 3. The lowest BCUT2D eigenvalue weighted by Gasteiger charge is -2.15. The van der Waals surface area contributed by atoms with E-state index in [1.165, 1.54) is 18.2 Å². The third-order valence-electron chi connectivity index (χ3n) is 1.98. The first-order chi connectivity index (χ1) is 9.22. The molecule has 0 atom stereocenters. The molecule has 1 aromatic carbocycles. The van der Waals surface area contributed by atoms with Gasteiger partial charge in [-0.25, -0.2) is 13.6 Å². The second-order valence-corrected chi connectivity index (χ2v) is 4.43. The molecule has 0 amide bonds. The maximum absolute atomic E-state index is 12.5. The first-order valence-corrected chi connectivity index (χ1v) is 5.87. The molecule has 1 rings (SSSR count). The van der Waals surface area contributed by atoms with Crippen molar-refractivity contribution >= 4 is 29.2 Å². The fourth-order valence-electron chi connectivity index (χ4n) is 1.01. The molecule has 0 spiro atoms. The van der Waals surface area contributed by atoms with Crippen LogP contribution in [0.1, 0.15) is 0 Å². The average Bonchev–Trinajstić information content (AvgIpc) is 2.35. The first-order valence-electron chi connectivity index (χ1n) is 5.12. The molecule has 0 aromatic heterocycles. The number of benzene rings is 1. The number of ether oxygens (including phenoxy) is 2. The van der Waals surface area contributed by atoms with Crippen LogP contribution < -0.4 is 4.74 Å². The summed E-state index contributed by atoms with van der Waals surface area (Å²) in [6.45, 7) is -2.47. The predicted molar refractivity (Wildman–Crippen MR) is 63.9 cm³/mol. The third-order valence-corrected chi connectivity index (χ3v) is 2.51. The molecule has 0 fully saturated rings. The van der Waals surface area contributed by atoms with Crippen molar-refractivity contribution in [3.05, 3.63) is 28.2 Å². The normalized spacial score (nSPS) is 11.6. The molecule has 112 valence electrons. The monoisotopic (exact) mass is 334 g/mol. The fraction of sp³-hybridized carbons (Fsp3) is 0.364. The minimum absolute atomic E-state index is 0.0774. The zero-order valence-corrected chi connectivity index (χ0v) is 11.2. The number of carbonyl (C=O) groups is 1. The summed E-state index contributed by atoms with van der Waals surface area (Å²) in [7, 11) is 0. The van der Waals surface area contributed by atoms with Gasteiger partial charge in [0.2, 0.25) is 0 Å². The van der Waals surface area contributed by atoms with Gasteiger partial charge in [-0.15, -0.1) is 0 Å². The van der Waals surface area contributed by atoms with Crippen LogP contribution in [0, 0.1) is 0 Å². The SMILES string of the molecule is O=C(COc1ccc(Cl)cc1Cl)OCC(F)(F)C(F)F. The van der Waals surface area contributed by atoms with Gasteiger partial charge in [0, 0.05) is 5.02 Å². The molecule has 0 aliphatic carbocycles. The predicted octanol–water partition coefficient (Wildman–Crippen LogP) is 3.82. The third kappa shape index (κ3) is 5.05. The average molecular weight is 335 g/mol. The van der Waals surface area contributed by atoms with Gasteiger partial charge in [0.15, 0.2) is 13.2 Å². The highest BCUT2D eigenvalue weighted by Gasteiger charge is 2.42. The number of hydrogen-bond donors (Lipinski definition) is 0. The van der Waals surface area contributed by atoms with Crippen LogP contribution in [0.5, 0.6) is 5.75 Å². The first kappa shape index (κ1) is 16.8. The molecule has 9 heteroatoms. The van der Waals surface area contributed by atoms with Crippen LogP contribution in [0.2, 0.25) is 10.0 Å². The Morgan fingerprint density at radius 1 is 1.30 bits per heavy atom. The lowest BCUT2D eigenvalue weighted by atomic mass is 10.3. The fourth-order valence-corrected chi connectivity index (χ4v) is 1.47. The van der Waals surface area contributed by atoms with Gasteiger partial charge in [0.25, 0.3) is 0 Å². The molecule has 0 saturated heterocycles. The maximum Gasteiger partial charge on any atom is 0.344 e. The van der Waals surface area contributed by atoms with Gasteiger partial charge in [-0.1, -0.05) is 23.2 Å². The number of carbonyl (C=O) groups excluding carboxylic acids is 1. The summed E-state index contributed by atoms with van der Waals surface area (Å²) in [6, 6.07) is 4.12. The highest BCUT2D eigenvalue weighted by molar-refractivity contribution is 6.35. The minimum atomic E-state index is -4.40. The molecule has 0 unspecified atom stereocenters. The van der Waals surface area contributed by atoms with E-state index in [9.17, 15) is 22.4 Å². The van der Waals surface area contributed by atoms with Gasteiger partial charge >= 0.3 is 18.3 Å². The summed E-state index contributed by atoms with van der Waals surface area (Å²) in [5.74, 6) is -5.54. The molecule has 20 heavy (non-hydrogen) atoms. The van der Waals surface area contributed by atoms with Gasteiger partial charge in [-0.05, 0) is 18.2 Å². The van der Waals surface area contributed by atoms with Gasteiger partial charge in [0.05, 0.1) is 5.02 Å². The van der Waals surface area contributed by atoms with Gasteiger partial charge in [0.1, 0.15) is 5.75 Å². The molecule has 0 N–H and O–H groups in total. The zero-order chi connectivity index (χ0) is 15.3. The van der Waals surface area contributed by atoms with Crippen LogP contribution in [-0.2, 0) is 9.53 Å². The van der Waals surface area contributed by atoms with Crippen molar-refractivity contribution in [1.82, 2.24) is 0 Å². The van der Waals surface area contributed by atoms with Gasteiger partial charge < -0.3 is 9.47 Å². The van der Waals surface area contributed by atoms with Crippen LogP contribution in [0.3, 0.4) is 0 Å². The van der Waals surface area contributed by atoms with Crippen LogP contribution in [0.25, 0.3) is 0 Å². The van der Waals surface area contributed by atoms with Crippen molar-refractivity contribution in [1.29, 1.82) is 0 Å². The minimum Gasteiger partial charge on any atom is -0.480 e. The van der Waals surface area contributed by atoms with E-state index in [0.29, 0.717) is 5.02 Å². The lowest BCUT2D eigenvalue weighted by Crippen LogP contribution is -2.34. The number of rotatable bonds is 6. The van der Waals surface area contributed by atoms with E-state index in [0.717, 1.165) is 0 Å². The van der Waals surface area contributed by atoms with Gasteiger partial charge in [-0.2, -0.15) is 8.78 Å². The quantitative estimate of drug-likeness (QED) is 0.586. The van der Waals surface area contributed by atoms with Crippen molar-refractivity contribution in [2.45, 2.75) is 12.3 Å². The Balaban J connectivity index is 2.44. The molecular formula is C11H8Cl2F4O3. The summed E-state index contributed by atoms with van der Waals surface area (Å²) in [5.41, 5.74) is 0. The van der Waals surface area contributed by atoms with E-state index in [1.54, 1.807) is 0 Å². The van der Waals surface area contributed by atoms with Crippen LogP contribution >= 0.6 is 23.2 Å².